The summed E-state index contributed by atoms with van der Waals surface area (Å²) in [6.45, 7) is 4.04. The third kappa shape index (κ3) is 4.21. The molecular weight excluding hydrogens is 326 g/mol. The Morgan fingerprint density at radius 2 is 1.92 bits per heavy atom. The van der Waals surface area contributed by atoms with Gasteiger partial charge < -0.3 is 15.2 Å². The van der Waals surface area contributed by atoms with Gasteiger partial charge in [0, 0.05) is 19.0 Å². The topological polar surface area (TPSA) is 111 Å². The van der Waals surface area contributed by atoms with Crippen molar-refractivity contribution >= 4 is 22.6 Å². The average Bonchev–Trinajstić information content (AvgIpc) is 2.56. The number of amides is 1. The summed E-state index contributed by atoms with van der Waals surface area (Å²) in [5, 5.41) is 16.5. The van der Waals surface area contributed by atoms with Gasteiger partial charge in [0.05, 0.1) is 12.0 Å². The summed E-state index contributed by atoms with van der Waals surface area (Å²) in [6, 6.07) is 5.43. The van der Waals surface area contributed by atoms with Crippen LogP contribution in [0.25, 0.3) is 10.8 Å². The minimum atomic E-state index is -1.21. The normalized spacial score (nSPS) is 12.3. The molecule has 0 aliphatic carbocycles. The summed E-state index contributed by atoms with van der Waals surface area (Å²) < 4.78 is 6.06. The van der Waals surface area contributed by atoms with Crippen LogP contribution in [-0.4, -0.2) is 46.5 Å². The highest BCUT2D eigenvalue weighted by molar-refractivity contribution is 6.05. The van der Waals surface area contributed by atoms with Crippen LogP contribution in [0, 0.1) is 5.92 Å². The van der Waals surface area contributed by atoms with E-state index < -0.39 is 17.9 Å². The molecule has 2 rings (SSSR count). The molecule has 0 saturated carbocycles. The number of hydrogen-bond acceptors (Lipinski definition) is 5. The molecule has 0 radical (unpaired) electrons. The van der Waals surface area contributed by atoms with Crippen LogP contribution in [0.15, 0.2) is 29.1 Å². The zero-order chi connectivity index (χ0) is 18.6. The number of aromatic nitrogens is 2. The first-order chi connectivity index (χ1) is 11.8. The van der Waals surface area contributed by atoms with E-state index >= 15 is 0 Å². The van der Waals surface area contributed by atoms with Crippen molar-refractivity contribution < 1.29 is 19.4 Å². The molecule has 0 aliphatic heterocycles. The number of benzene rings is 1. The standard InChI is InChI=1S/C17H21N3O5/c1-10(2)8-20-16(22)12-7-5-4-6-11(12)14(19-20)15(21)18-13(9-25-3)17(23)24/h4-7,10,13H,8-9H2,1-3H3,(H,18,21)(H,23,24). The van der Waals surface area contributed by atoms with Gasteiger partial charge >= 0.3 is 5.97 Å². The van der Waals surface area contributed by atoms with Gasteiger partial charge in [0.1, 0.15) is 0 Å². The molecule has 1 aromatic carbocycles. The van der Waals surface area contributed by atoms with E-state index in [1.165, 1.54) is 11.8 Å². The molecule has 8 heteroatoms. The second-order valence-corrected chi connectivity index (χ2v) is 6.09. The number of carboxylic acids is 1. The predicted octanol–water partition coefficient (Wildman–Crippen LogP) is 0.882. The molecule has 0 saturated heterocycles. The molecular formula is C17H21N3O5. The SMILES string of the molecule is COCC(NC(=O)c1nn(CC(C)C)c(=O)c2ccccc12)C(=O)O. The number of fused-ring (bicyclic) bond motifs is 1. The number of methoxy groups -OCH3 is 1. The molecule has 1 heterocycles. The number of ether oxygens (including phenoxy) is 1. The smallest absolute Gasteiger partial charge is 0.328 e. The van der Waals surface area contributed by atoms with Crippen molar-refractivity contribution in [2.24, 2.45) is 5.92 Å². The van der Waals surface area contributed by atoms with Crippen molar-refractivity contribution in [3.05, 3.63) is 40.3 Å². The maximum absolute atomic E-state index is 12.6. The summed E-state index contributed by atoms with van der Waals surface area (Å²) in [7, 11) is 1.35. The van der Waals surface area contributed by atoms with Gasteiger partial charge in [-0.05, 0) is 12.0 Å². The van der Waals surface area contributed by atoms with Crippen molar-refractivity contribution in [1.82, 2.24) is 15.1 Å². The third-order valence-electron chi connectivity index (χ3n) is 3.56. The quantitative estimate of drug-likeness (QED) is 0.769. The lowest BCUT2D eigenvalue weighted by atomic mass is 10.1. The van der Waals surface area contributed by atoms with E-state index in [-0.39, 0.29) is 23.8 Å². The monoisotopic (exact) mass is 347 g/mol. The Labute approximate surface area is 144 Å². The van der Waals surface area contributed by atoms with Crippen LogP contribution in [-0.2, 0) is 16.1 Å². The first-order valence-corrected chi connectivity index (χ1v) is 7.87. The maximum Gasteiger partial charge on any atom is 0.328 e. The van der Waals surface area contributed by atoms with Gasteiger partial charge in [-0.3, -0.25) is 9.59 Å². The number of nitrogens with zero attached hydrogens (tertiary/aromatic N) is 2. The molecule has 2 N–H and O–H groups in total. The Bertz CT molecular complexity index is 844. The number of nitrogens with one attached hydrogen (secondary N) is 1. The zero-order valence-corrected chi connectivity index (χ0v) is 14.4. The van der Waals surface area contributed by atoms with Gasteiger partial charge in [0.2, 0.25) is 0 Å². The first kappa shape index (κ1) is 18.6. The maximum atomic E-state index is 12.6. The van der Waals surface area contributed by atoms with Crippen molar-refractivity contribution in [2.75, 3.05) is 13.7 Å². The Balaban J connectivity index is 2.52. The van der Waals surface area contributed by atoms with Crippen LogP contribution in [0.4, 0.5) is 0 Å². The molecule has 0 spiro atoms. The zero-order valence-electron chi connectivity index (χ0n) is 14.4. The fourth-order valence-corrected chi connectivity index (χ4v) is 2.44. The molecule has 1 unspecified atom stereocenters. The van der Waals surface area contributed by atoms with E-state index in [0.29, 0.717) is 17.3 Å². The third-order valence-corrected chi connectivity index (χ3v) is 3.56. The summed E-state index contributed by atoms with van der Waals surface area (Å²) in [4.78, 5) is 36.3. The summed E-state index contributed by atoms with van der Waals surface area (Å²) in [5.74, 6) is -1.73. The molecule has 134 valence electrons. The highest BCUT2D eigenvalue weighted by atomic mass is 16.5. The van der Waals surface area contributed by atoms with E-state index in [9.17, 15) is 14.4 Å². The molecule has 25 heavy (non-hydrogen) atoms. The minimum Gasteiger partial charge on any atom is -0.480 e. The Morgan fingerprint density at radius 1 is 1.28 bits per heavy atom. The lowest BCUT2D eigenvalue weighted by Gasteiger charge is -2.15. The summed E-state index contributed by atoms with van der Waals surface area (Å²) in [6.07, 6.45) is 0. The first-order valence-electron chi connectivity index (χ1n) is 7.87. The highest BCUT2D eigenvalue weighted by Gasteiger charge is 2.23. The second kappa shape index (κ2) is 7.89. The molecule has 0 bridgehead atoms. The van der Waals surface area contributed by atoms with Gasteiger partial charge in [0.25, 0.3) is 11.5 Å². The van der Waals surface area contributed by atoms with Crippen LogP contribution in [0.1, 0.15) is 24.3 Å². The predicted molar refractivity (Wildman–Crippen MR) is 91.6 cm³/mol. The van der Waals surface area contributed by atoms with Gasteiger partial charge in [-0.1, -0.05) is 32.0 Å². The number of carbonyl (C=O) groups is 2. The van der Waals surface area contributed by atoms with Gasteiger partial charge in [-0.2, -0.15) is 5.10 Å². The van der Waals surface area contributed by atoms with Crippen LogP contribution >= 0.6 is 0 Å². The van der Waals surface area contributed by atoms with E-state index in [2.05, 4.69) is 10.4 Å². The van der Waals surface area contributed by atoms with Crippen molar-refractivity contribution in [3.63, 3.8) is 0 Å². The fraction of sp³-hybridized carbons (Fsp3) is 0.412. The largest absolute Gasteiger partial charge is 0.480 e. The average molecular weight is 347 g/mol. The summed E-state index contributed by atoms with van der Waals surface area (Å²) >= 11 is 0. The molecule has 0 fully saturated rings. The van der Waals surface area contributed by atoms with Crippen molar-refractivity contribution in [2.45, 2.75) is 26.4 Å². The van der Waals surface area contributed by atoms with E-state index in [1.54, 1.807) is 24.3 Å². The lowest BCUT2D eigenvalue weighted by Crippen LogP contribution is -2.44. The molecule has 1 aromatic heterocycles. The number of hydrogen-bond donors (Lipinski definition) is 2. The van der Waals surface area contributed by atoms with Crippen LogP contribution in [0.3, 0.4) is 0 Å². The second-order valence-electron chi connectivity index (χ2n) is 6.09. The molecule has 0 aliphatic rings. The Morgan fingerprint density at radius 3 is 2.48 bits per heavy atom. The number of rotatable bonds is 7. The van der Waals surface area contributed by atoms with Gasteiger partial charge in [0.15, 0.2) is 11.7 Å². The van der Waals surface area contributed by atoms with E-state index in [1.807, 2.05) is 13.8 Å². The van der Waals surface area contributed by atoms with Crippen molar-refractivity contribution in [3.8, 4) is 0 Å². The molecule has 8 nitrogen and oxygen atoms in total. The molecule has 2 aromatic rings. The van der Waals surface area contributed by atoms with E-state index in [4.69, 9.17) is 9.84 Å². The molecule has 1 amide bonds. The Hall–Kier alpha value is -2.74. The summed E-state index contributed by atoms with van der Waals surface area (Å²) in [5.41, 5.74) is -0.272. The van der Waals surface area contributed by atoms with Crippen LogP contribution in [0.5, 0.6) is 0 Å². The van der Waals surface area contributed by atoms with Gasteiger partial charge in [-0.15, -0.1) is 0 Å². The number of carboxylic acid groups (broad SMARTS) is 1. The van der Waals surface area contributed by atoms with Gasteiger partial charge in [-0.25, -0.2) is 9.48 Å². The van der Waals surface area contributed by atoms with Crippen molar-refractivity contribution in [1.29, 1.82) is 0 Å². The molecule has 1 atom stereocenters. The fourth-order valence-electron chi connectivity index (χ4n) is 2.44. The lowest BCUT2D eigenvalue weighted by molar-refractivity contribution is -0.140. The number of aliphatic carboxylic acids is 1. The minimum absolute atomic E-state index is 0.0122. The highest BCUT2D eigenvalue weighted by Crippen LogP contribution is 2.14. The number of carbonyl (C=O) groups excluding carboxylic acids is 1. The van der Waals surface area contributed by atoms with Crippen LogP contribution in [0.2, 0.25) is 0 Å². The Kier molecular flexibility index (Phi) is 5.87. The van der Waals surface area contributed by atoms with E-state index in [0.717, 1.165) is 0 Å². The van der Waals surface area contributed by atoms with Crippen LogP contribution < -0.4 is 10.9 Å².